The molecule has 0 atom stereocenters. The van der Waals surface area contributed by atoms with E-state index in [-0.39, 0.29) is 0 Å². The lowest BCUT2D eigenvalue weighted by Crippen LogP contribution is -2.35. The maximum Gasteiger partial charge on any atom is 0.243 e. The van der Waals surface area contributed by atoms with Crippen LogP contribution in [0.4, 0.5) is 0 Å². The lowest BCUT2D eigenvalue weighted by Gasteiger charge is -2.26. The first-order valence-corrected chi connectivity index (χ1v) is 8.64. The molecule has 0 saturated carbocycles. The van der Waals surface area contributed by atoms with Gasteiger partial charge < -0.3 is 4.74 Å². The first-order chi connectivity index (χ1) is 10.1. The Balaban J connectivity index is 2.16. The van der Waals surface area contributed by atoms with Gasteiger partial charge in [0.15, 0.2) is 0 Å². The smallest absolute Gasteiger partial charge is 0.243 e. The van der Waals surface area contributed by atoms with Gasteiger partial charge in [0.25, 0.3) is 0 Å². The molecule has 0 amide bonds. The number of nitrogens with zero attached hydrogens (tertiary/aromatic N) is 1. The highest BCUT2D eigenvalue weighted by atomic mass is 32.2. The zero-order valence-corrected chi connectivity index (χ0v) is 12.9. The maximum atomic E-state index is 12.9. The van der Waals surface area contributed by atoms with Gasteiger partial charge in [0.2, 0.25) is 10.0 Å². The summed E-state index contributed by atoms with van der Waals surface area (Å²) in [6.07, 6.45) is 2.98. The van der Waals surface area contributed by atoms with E-state index in [0.717, 1.165) is 30.0 Å². The van der Waals surface area contributed by atoms with Gasteiger partial charge in [0, 0.05) is 23.9 Å². The van der Waals surface area contributed by atoms with Crippen LogP contribution in [0, 0.1) is 0 Å². The van der Waals surface area contributed by atoms with Crippen LogP contribution in [-0.2, 0) is 10.0 Å². The van der Waals surface area contributed by atoms with Crippen molar-refractivity contribution in [2.24, 2.45) is 0 Å². The molecule has 1 saturated heterocycles. The molecule has 3 rings (SSSR count). The fourth-order valence-electron chi connectivity index (χ4n) is 2.89. The summed E-state index contributed by atoms with van der Waals surface area (Å²) in [4.78, 5) is 0.376. The van der Waals surface area contributed by atoms with Crippen LogP contribution in [0.1, 0.15) is 19.3 Å². The zero-order chi connectivity index (χ0) is 14.9. The van der Waals surface area contributed by atoms with Crippen LogP contribution in [0.2, 0.25) is 0 Å². The van der Waals surface area contributed by atoms with Crippen molar-refractivity contribution >= 4 is 20.8 Å². The van der Waals surface area contributed by atoms with Gasteiger partial charge in [-0.2, -0.15) is 4.31 Å². The van der Waals surface area contributed by atoms with E-state index in [0.29, 0.717) is 23.7 Å². The Labute approximate surface area is 125 Å². The molecule has 1 aliphatic rings. The van der Waals surface area contributed by atoms with Crippen molar-refractivity contribution in [2.75, 3.05) is 20.2 Å². The number of piperidine rings is 1. The molecule has 5 heteroatoms. The van der Waals surface area contributed by atoms with Crippen LogP contribution in [0.3, 0.4) is 0 Å². The second-order valence-electron chi connectivity index (χ2n) is 5.28. The van der Waals surface area contributed by atoms with Gasteiger partial charge in [-0.15, -0.1) is 0 Å². The average Bonchev–Trinajstić information content (AvgIpc) is 2.54. The van der Waals surface area contributed by atoms with Gasteiger partial charge in [-0.1, -0.05) is 30.7 Å². The molecule has 1 heterocycles. The van der Waals surface area contributed by atoms with Crippen molar-refractivity contribution in [1.29, 1.82) is 0 Å². The fraction of sp³-hybridized carbons (Fsp3) is 0.375. The molecule has 0 N–H and O–H groups in total. The summed E-state index contributed by atoms with van der Waals surface area (Å²) >= 11 is 0. The third-order valence-corrected chi connectivity index (χ3v) is 5.95. The average molecular weight is 305 g/mol. The lowest BCUT2D eigenvalue weighted by atomic mass is 10.1. The van der Waals surface area contributed by atoms with E-state index in [1.807, 2.05) is 24.3 Å². The topological polar surface area (TPSA) is 46.6 Å². The standard InChI is InChI=1S/C16H19NO3S/c1-20-15-9-10-16(14-8-4-3-7-13(14)15)21(18,19)17-11-5-2-6-12-17/h3-4,7-10H,2,5-6,11-12H2,1H3. The molecule has 0 unspecified atom stereocenters. The minimum Gasteiger partial charge on any atom is -0.496 e. The summed E-state index contributed by atoms with van der Waals surface area (Å²) in [5, 5.41) is 1.56. The molecule has 1 aliphatic heterocycles. The molecule has 2 aromatic rings. The number of hydrogen-bond acceptors (Lipinski definition) is 3. The molecule has 21 heavy (non-hydrogen) atoms. The lowest BCUT2D eigenvalue weighted by molar-refractivity contribution is 0.347. The van der Waals surface area contributed by atoms with Crippen LogP contribution in [0.5, 0.6) is 5.75 Å². The molecule has 4 nitrogen and oxygen atoms in total. The molecule has 0 bridgehead atoms. The van der Waals surface area contributed by atoms with Crippen LogP contribution < -0.4 is 4.74 Å². The van der Waals surface area contributed by atoms with E-state index in [1.54, 1.807) is 23.5 Å². The number of sulfonamides is 1. The largest absolute Gasteiger partial charge is 0.496 e. The number of ether oxygens (including phenoxy) is 1. The van der Waals surface area contributed by atoms with E-state index in [9.17, 15) is 8.42 Å². The van der Waals surface area contributed by atoms with E-state index >= 15 is 0 Å². The monoisotopic (exact) mass is 305 g/mol. The summed E-state index contributed by atoms with van der Waals surface area (Å²) in [5.41, 5.74) is 0. The molecule has 2 aromatic carbocycles. The third kappa shape index (κ3) is 2.51. The molecular formula is C16H19NO3S. The predicted octanol–water partition coefficient (Wildman–Crippen LogP) is 3.02. The summed E-state index contributed by atoms with van der Waals surface area (Å²) in [5.74, 6) is 0.697. The highest BCUT2D eigenvalue weighted by molar-refractivity contribution is 7.89. The van der Waals surface area contributed by atoms with Crippen molar-refractivity contribution in [3.05, 3.63) is 36.4 Å². The summed E-state index contributed by atoms with van der Waals surface area (Å²) in [6.45, 7) is 1.23. The number of hydrogen-bond donors (Lipinski definition) is 0. The molecule has 1 fully saturated rings. The normalized spacial score (nSPS) is 17.0. The summed E-state index contributed by atoms with van der Waals surface area (Å²) in [7, 11) is -1.84. The van der Waals surface area contributed by atoms with E-state index in [4.69, 9.17) is 4.74 Å². The van der Waals surface area contributed by atoms with Gasteiger partial charge in [-0.05, 0) is 25.0 Å². The SMILES string of the molecule is COc1ccc(S(=O)(=O)N2CCCCC2)c2ccccc12. The fourth-order valence-corrected chi connectivity index (χ4v) is 4.60. The minimum absolute atomic E-state index is 0.376. The Hall–Kier alpha value is -1.59. The van der Waals surface area contributed by atoms with Gasteiger partial charge in [0.1, 0.15) is 5.75 Å². The third-order valence-electron chi connectivity index (χ3n) is 4.00. The number of rotatable bonds is 3. The Kier molecular flexibility index (Phi) is 3.87. The predicted molar refractivity (Wildman–Crippen MR) is 83.1 cm³/mol. The number of fused-ring (bicyclic) bond motifs is 1. The Morgan fingerprint density at radius 2 is 1.62 bits per heavy atom. The van der Waals surface area contributed by atoms with Crippen molar-refractivity contribution in [3.8, 4) is 5.75 Å². The van der Waals surface area contributed by atoms with Gasteiger partial charge in [0.05, 0.1) is 12.0 Å². The Morgan fingerprint density at radius 3 is 2.29 bits per heavy atom. The highest BCUT2D eigenvalue weighted by Crippen LogP contribution is 2.33. The summed E-state index contributed by atoms with van der Waals surface area (Å²) < 4.78 is 32.7. The quantitative estimate of drug-likeness (QED) is 0.875. The Bertz CT molecular complexity index is 749. The molecule has 0 aromatic heterocycles. The van der Waals surface area contributed by atoms with Crippen LogP contribution in [-0.4, -0.2) is 32.9 Å². The minimum atomic E-state index is -3.44. The number of methoxy groups -OCH3 is 1. The van der Waals surface area contributed by atoms with Gasteiger partial charge >= 0.3 is 0 Å². The van der Waals surface area contributed by atoms with Crippen LogP contribution in [0.25, 0.3) is 10.8 Å². The molecule has 0 aliphatic carbocycles. The molecule has 0 spiro atoms. The van der Waals surface area contributed by atoms with Crippen LogP contribution in [0.15, 0.2) is 41.3 Å². The van der Waals surface area contributed by atoms with Crippen molar-refractivity contribution < 1.29 is 13.2 Å². The van der Waals surface area contributed by atoms with Crippen molar-refractivity contribution in [1.82, 2.24) is 4.31 Å². The van der Waals surface area contributed by atoms with Crippen molar-refractivity contribution in [3.63, 3.8) is 0 Å². The second-order valence-corrected chi connectivity index (χ2v) is 7.18. The molecular weight excluding hydrogens is 286 g/mol. The highest BCUT2D eigenvalue weighted by Gasteiger charge is 2.27. The van der Waals surface area contributed by atoms with Crippen LogP contribution >= 0.6 is 0 Å². The van der Waals surface area contributed by atoms with E-state index < -0.39 is 10.0 Å². The Morgan fingerprint density at radius 1 is 0.952 bits per heavy atom. The van der Waals surface area contributed by atoms with E-state index in [2.05, 4.69) is 0 Å². The first kappa shape index (κ1) is 14.4. The van der Waals surface area contributed by atoms with Gasteiger partial charge in [-0.3, -0.25) is 0 Å². The number of benzene rings is 2. The van der Waals surface area contributed by atoms with Crippen molar-refractivity contribution in [2.45, 2.75) is 24.2 Å². The molecule has 0 radical (unpaired) electrons. The molecule has 112 valence electrons. The maximum absolute atomic E-state index is 12.9. The first-order valence-electron chi connectivity index (χ1n) is 7.20. The van der Waals surface area contributed by atoms with E-state index in [1.165, 1.54) is 0 Å². The van der Waals surface area contributed by atoms with Gasteiger partial charge in [-0.25, -0.2) is 8.42 Å². The second kappa shape index (κ2) is 5.66. The summed E-state index contributed by atoms with van der Waals surface area (Å²) in [6, 6.07) is 10.9. The zero-order valence-electron chi connectivity index (χ0n) is 12.1.